The molecule has 2 rings (SSSR count). The van der Waals surface area contributed by atoms with Crippen LogP contribution in [0.1, 0.15) is 17.7 Å². The van der Waals surface area contributed by atoms with Gasteiger partial charge in [-0.1, -0.05) is 12.1 Å². The number of H-pyrrole nitrogens is 1. The van der Waals surface area contributed by atoms with Crippen LogP contribution >= 0.6 is 0 Å². The summed E-state index contributed by atoms with van der Waals surface area (Å²) in [5.74, 6) is 0.139. The lowest BCUT2D eigenvalue weighted by molar-refractivity contribution is -0.128. The molecule has 1 heterocycles. The van der Waals surface area contributed by atoms with Gasteiger partial charge in [-0.25, -0.2) is 0 Å². The number of rotatable bonds is 3. The van der Waals surface area contributed by atoms with Crippen LogP contribution in [0.25, 0.3) is 10.9 Å². The first kappa shape index (κ1) is 11.6. The number of aryl methyl sites for hydroxylation is 2. The molecule has 90 valence electrons. The Morgan fingerprint density at radius 1 is 1.41 bits per heavy atom. The number of amides is 1. The van der Waals surface area contributed by atoms with E-state index < -0.39 is 0 Å². The van der Waals surface area contributed by atoms with Crippen molar-refractivity contribution >= 4 is 16.8 Å². The zero-order chi connectivity index (χ0) is 12.4. The lowest BCUT2D eigenvalue weighted by Gasteiger charge is -2.09. The van der Waals surface area contributed by atoms with E-state index in [1.165, 1.54) is 5.56 Å². The van der Waals surface area contributed by atoms with Crippen molar-refractivity contribution in [3.05, 3.63) is 29.5 Å². The van der Waals surface area contributed by atoms with Gasteiger partial charge in [0, 0.05) is 31.6 Å². The highest BCUT2D eigenvalue weighted by atomic mass is 16.2. The third-order valence-corrected chi connectivity index (χ3v) is 2.88. The standard InChI is InChI=1S/C13H17N3O/c1-9-4-5-10-11(14-15-12(10)8-9)6-7-13(17)16(2)3/h4-5,8H,6-7H2,1-3H3,(H,14,15). The monoisotopic (exact) mass is 231 g/mol. The third kappa shape index (κ3) is 2.46. The zero-order valence-electron chi connectivity index (χ0n) is 10.4. The Hall–Kier alpha value is -1.84. The number of fused-ring (bicyclic) bond motifs is 1. The molecule has 2 aromatic rings. The largest absolute Gasteiger partial charge is 0.349 e. The molecule has 0 aliphatic heterocycles. The maximum atomic E-state index is 11.5. The van der Waals surface area contributed by atoms with E-state index in [0.717, 1.165) is 16.6 Å². The van der Waals surface area contributed by atoms with E-state index in [1.54, 1.807) is 19.0 Å². The van der Waals surface area contributed by atoms with Crippen LogP contribution in [0.5, 0.6) is 0 Å². The van der Waals surface area contributed by atoms with Crippen LogP contribution in [-0.2, 0) is 11.2 Å². The van der Waals surface area contributed by atoms with Crippen LogP contribution in [0.2, 0.25) is 0 Å². The number of nitrogens with zero attached hydrogens (tertiary/aromatic N) is 2. The van der Waals surface area contributed by atoms with Crippen LogP contribution < -0.4 is 0 Å². The second kappa shape index (κ2) is 4.57. The molecule has 1 aromatic carbocycles. The van der Waals surface area contributed by atoms with Crippen molar-refractivity contribution in [1.82, 2.24) is 15.1 Å². The number of hydrogen-bond acceptors (Lipinski definition) is 2. The lowest BCUT2D eigenvalue weighted by atomic mass is 10.1. The second-order valence-electron chi connectivity index (χ2n) is 4.51. The number of carbonyl (C=O) groups is 1. The Balaban J connectivity index is 2.17. The van der Waals surface area contributed by atoms with E-state index in [1.807, 2.05) is 13.0 Å². The van der Waals surface area contributed by atoms with Crippen molar-refractivity contribution in [1.29, 1.82) is 0 Å². The van der Waals surface area contributed by atoms with Crippen LogP contribution in [0.4, 0.5) is 0 Å². The average molecular weight is 231 g/mol. The molecule has 0 bridgehead atoms. The van der Waals surface area contributed by atoms with E-state index in [4.69, 9.17) is 0 Å². The Morgan fingerprint density at radius 3 is 2.88 bits per heavy atom. The molecule has 4 nitrogen and oxygen atoms in total. The first-order chi connectivity index (χ1) is 8.08. The van der Waals surface area contributed by atoms with Crippen molar-refractivity contribution in [3.63, 3.8) is 0 Å². The summed E-state index contributed by atoms with van der Waals surface area (Å²) in [6.07, 6.45) is 1.22. The predicted molar refractivity (Wildman–Crippen MR) is 67.8 cm³/mol. The van der Waals surface area contributed by atoms with Gasteiger partial charge in [0.2, 0.25) is 5.91 Å². The van der Waals surface area contributed by atoms with Crippen LogP contribution in [0.3, 0.4) is 0 Å². The van der Waals surface area contributed by atoms with E-state index in [-0.39, 0.29) is 5.91 Å². The van der Waals surface area contributed by atoms with Gasteiger partial charge in [0.05, 0.1) is 5.52 Å². The van der Waals surface area contributed by atoms with Crippen molar-refractivity contribution in [2.45, 2.75) is 19.8 Å². The van der Waals surface area contributed by atoms with Gasteiger partial charge in [0.15, 0.2) is 0 Å². The second-order valence-corrected chi connectivity index (χ2v) is 4.51. The predicted octanol–water partition coefficient (Wildman–Crippen LogP) is 1.89. The smallest absolute Gasteiger partial charge is 0.222 e. The highest BCUT2D eigenvalue weighted by molar-refractivity contribution is 5.83. The fraction of sp³-hybridized carbons (Fsp3) is 0.385. The van der Waals surface area contributed by atoms with Gasteiger partial charge in [0.1, 0.15) is 0 Å². The molecule has 1 amide bonds. The third-order valence-electron chi connectivity index (χ3n) is 2.88. The minimum Gasteiger partial charge on any atom is -0.349 e. The van der Waals surface area contributed by atoms with Gasteiger partial charge in [-0.2, -0.15) is 5.10 Å². The summed E-state index contributed by atoms with van der Waals surface area (Å²) >= 11 is 0. The molecule has 0 spiro atoms. The summed E-state index contributed by atoms with van der Waals surface area (Å²) in [4.78, 5) is 13.1. The molecule has 0 saturated heterocycles. The maximum absolute atomic E-state index is 11.5. The Morgan fingerprint density at radius 2 is 2.18 bits per heavy atom. The van der Waals surface area contributed by atoms with E-state index in [9.17, 15) is 4.79 Å². The van der Waals surface area contributed by atoms with Gasteiger partial charge in [-0.3, -0.25) is 9.89 Å². The highest BCUT2D eigenvalue weighted by Gasteiger charge is 2.09. The van der Waals surface area contributed by atoms with Crippen molar-refractivity contribution in [2.24, 2.45) is 0 Å². The Kier molecular flexibility index (Phi) is 3.13. The molecule has 17 heavy (non-hydrogen) atoms. The molecule has 0 aliphatic carbocycles. The normalized spacial score (nSPS) is 10.8. The summed E-state index contributed by atoms with van der Waals surface area (Å²) < 4.78 is 0. The van der Waals surface area contributed by atoms with E-state index >= 15 is 0 Å². The topological polar surface area (TPSA) is 49.0 Å². The lowest BCUT2D eigenvalue weighted by Crippen LogP contribution is -2.21. The summed E-state index contributed by atoms with van der Waals surface area (Å²) in [5, 5.41) is 8.38. The molecule has 0 atom stereocenters. The molecule has 0 fully saturated rings. The quantitative estimate of drug-likeness (QED) is 0.877. The summed E-state index contributed by atoms with van der Waals surface area (Å²) in [5.41, 5.74) is 3.20. The van der Waals surface area contributed by atoms with E-state index in [0.29, 0.717) is 12.8 Å². The molecule has 0 radical (unpaired) electrons. The molecule has 1 aromatic heterocycles. The van der Waals surface area contributed by atoms with Crippen molar-refractivity contribution in [3.8, 4) is 0 Å². The van der Waals surface area contributed by atoms with Crippen LogP contribution in [0, 0.1) is 6.92 Å². The summed E-state index contributed by atoms with van der Waals surface area (Å²) in [6, 6.07) is 6.17. The van der Waals surface area contributed by atoms with Gasteiger partial charge >= 0.3 is 0 Å². The molecule has 0 aliphatic rings. The molecule has 0 saturated carbocycles. The first-order valence-corrected chi connectivity index (χ1v) is 5.71. The fourth-order valence-corrected chi connectivity index (χ4v) is 1.82. The SMILES string of the molecule is Cc1ccc2c(CCC(=O)N(C)C)[nH]nc2c1. The molecule has 4 heteroatoms. The number of benzene rings is 1. The first-order valence-electron chi connectivity index (χ1n) is 5.71. The summed E-state index contributed by atoms with van der Waals surface area (Å²) in [7, 11) is 3.55. The number of aromatic amines is 1. The summed E-state index contributed by atoms with van der Waals surface area (Å²) in [6.45, 7) is 2.05. The van der Waals surface area contributed by atoms with Crippen molar-refractivity contribution in [2.75, 3.05) is 14.1 Å². The number of aromatic nitrogens is 2. The maximum Gasteiger partial charge on any atom is 0.222 e. The van der Waals surface area contributed by atoms with Gasteiger partial charge in [-0.05, 0) is 25.0 Å². The number of hydrogen-bond donors (Lipinski definition) is 1. The van der Waals surface area contributed by atoms with Gasteiger partial charge < -0.3 is 4.90 Å². The number of nitrogens with one attached hydrogen (secondary N) is 1. The Bertz CT molecular complexity index is 543. The molecular formula is C13H17N3O. The minimum absolute atomic E-state index is 0.139. The highest BCUT2D eigenvalue weighted by Crippen LogP contribution is 2.18. The molecule has 0 unspecified atom stereocenters. The molecular weight excluding hydrogens is 214 g/mol. The van der Waals surface area contributed by atoms with Crippen LogP contribution in [-0.4, -0.2) is 35.1 Å². The zero-order valence-corrected chi connectivity index (χ0v) is 10.4. The number of carbonyl (C=O) groups excluding carboxylic acids is 1. The average Bonchev–Trinajstić information content (AvgIpc) is 2.67. The molecule has 1 N–H and O–H groups in total. The van der Waals surface area contributed by atoms with Crippen LogP contribution in [0.15, 0.2) is 18.2 Å². The minimum atomic E-state index is 0.139. The Labute approximate surface area is 101 Å². The van der Waals surface area contributed by atoms with Gasteiger partial charge in [0.25, 0.3) is 0 Å². The fourth-order valence-electron chi connectivity index (χ4n) is 1.82. The van der Waals surface area contributed by atoms with Gasteiger partial charge in [-0.15, -0.1) is 0 Å². The van der Waals surface area contributed by atoms with E-state index in [2.05, 4.69) is 22.3 Å². The van der Waals surface area contributed by atoms with Crippen molar-refractivity contribution < 1.29 is 4.79 Å².